The van der Waals surface area contributed by atoms with Crippen molar-refractivity contribution in [3.8, 4) is 0 Å². The molecule has 5 heteroatoms. The molecule has 0 saturated carbocycles. The van der Waals surface area contributed by atoms with E-state index in [1.54, 1.807) is 0 Å². The van der Waals surface area contributed by atoms with Crippen LogP contribution in [0.1, 0.15) is 6.92 Å². The molecule has 0 aromatic heterocycles. The molecule has 0 fully saturated rings. The number of hydrogen-bond acceptors (Lipinski definition) is 0. The molecule has 0 heterocycles. The molecule has 0 radical (unpaired) electrons. The van der Waals surface area contributed by atoms with Gasteiger partial charge in [0.05, 0.1) is 5.57 Å². The number of halogens is 5. The number of hydrogen-bond donors (Lipinski definition) is 0. The highest BCUT2D eigenvalue weighted by molar-refractivity contribution is 6.56. The van der Waals surface area contributed by atoms with E-state index in [4.69, 9.17) is 23.2 Å². The van der Waals surface area contributed by atoms with E-state index in [-0.39, 0.29) is 0 Å². The Kier molecular flexibility index (Phi) is 2.83. The molecule has 0 N–H and O–H groups in total. The number of alkyl halides is 3. The lowest BCUT2D eigenvalue weighted by molar-refractivity contribution is -0.0913. The van der Waals surface area contributed by atoms with E-state index in [9.17, 15) is 13.2 Å². The Hall–Kier alpha value is 0.110. The van der Waals surface area contributed by atoms with E-state index in [2.05, 4.69) is 0 Å². The van der Waals surface area contributed by atoms with Crippen molar-refractivity contribution in [3.63, 3.8) is 0 Å². The van der Waals surface area contributed by atoms with Gasteiger partial charge in [0.25, 0.3) is 0 Å². The summed E-state index contributed by atoms with van der Waals surface area (Å²) in [6.45, 7) is 0.815. The summed E-state index contributed by atoms with van der Waals surface area (Å²) in [5.74, 6) is 0. The second-order valence-corrected chi connectivity index (χ2v) is 2.33. The summed E-state index contributed by atoms with van der Waals surface area (Å²) in [5.41, 5.74) is -0.967. The van der Waals surface area contributed by atoms with Crippen molar-refractivity contribution in [2.45, 2.75) is 13.1 Å². The van der Waals surface area contributed by atoms with E-state index >= 15 is 0 Å². The van der Waals surface area contributed by atoms with Gasteiger partial charge in [0.1, 0.15) is 4.49 Å². The largest absolute Gasteiger partial charge is 0.414 e. The molecule has 0 rings (SSSR count). The topological polar surface area (TPSA) is 0 Å². The van der Waals surface area contributed by atoms with Crippen molar-refractivity contribution in [1.29, 1.82) is 0 Å². The number of rotatable bonds is 0. The fourth-order valence-electron chi connectivity index (χ4n) is 0.107. The van der Waals surface area contributed by atoms with E-state index in [1.807, 2.05) is 0 Å². The average Bonchev–Trinajstić information content (AvgIpc) is 1.62. The van der Waals surface area contributed by atoms with Gasteiger partial charge in [0, 0.05) is 0 Å². The van der Waals surface area contributed by atoms with Crippen LogP contribution in [0.15, 0.2) is 10.1 Å². The summed E-state index contributed by atoms with van der Waals surface area (Å²) >= 11 is 9.68. The van der Waals surface area contributed by atoms with Crippen molar-refractivity contribution < 1.29 is 13.2 Å². The lowest BCUT2D eigenvalue weighted by Gasteiger charge is -2.04. The standard InChI is InChI=1S/C4H3Cl2F3/c1-2(3(5)6)4(7,8)9/h1H3. The van der Waals surface area contributed by atoms with Crippen LogP contribution in [0.3, 0.4) is 0 Å². The van der Waals surface area contributed by atoms with E-state index in [0.29, 0.717) is 0 Å². The summed E-state index contributed by atoms with van der Waals surface area (Å²) in [6.07, 6.45) is -4.40. The van der Waals surface area contributed by atoms with Crippen LogP contribution in [0.2, 0.25) is 0 Å². The zero-order valence-corrected chi connectivity index (χ0v) is 5.90. The van der Waals surface area contributed by atoms with Gasteiger partial charge in [-0.15, -0.1) is 0 Å². The van der Waals surface area contributed by atoms with Crippen molar-refractivity contribution in [2.75, 3.05) is 0 Å². The average molecular weight is 179 g/mol. The first-order valence-electron chi connectivity index (χ1n) is 1.94. The molecule has 0 nitrogen and oxygen atoms in total. The maximum Gasteiger partial charge on any atom is 0.414 e. The third-order valence-electron chi connectivity index (χ3n) is 0.709. The Balaban J connectivity index is 4.40. The summed E-state index contributed by atoms with van der Waals surface area (Å²) in [4.78, 5) is 0. The van der Waals surface area contributed by atoms with Crippen molar-refractivity contribution in [1.82, 2.24) is 0 Å². The summed E-state index contributed by atoms with van der Waals surface area (Å²) in [5, 5.41) is 0. The lowest BCUT2D eigenvalue weighted by Crippen LogP contribution is -2.08. The molecular formula is C4H3Cl2F3. The Labute approximate surface area is 60.2 Å². The van der Waals surface area contributed by atoms with E-state index < -0.39 is 16.2 Å². The molecule has 9 heavy (non-hydrogen) atoms. The van der Waals surface area contributed by atoms with Crippen molar-refractivity contribution in [2.24, 2.45) is 0 Å². The van der Waals surface area contributed by atoms with Gasteiger partial charge in [0.2, 0.25) is 0 Å². The zero-order chi connectivity index (χ0) is 7.65. The summed E-state index contributed by atoms with van der Waals surface area (Å²) in [7, 11) is 0. The molecule has 0 bridgehead atoms. The lowest BCUT2D eigenvalue weighted by atomic mass is 10.3. The Morgan fingerprint density at radius 2 is 1.56 bits per heavy atom. The SMILES string of the molecule is CC(=C(Cl)Cl)C(F)(F)F. The van der Waals surface area contributed by atoms with Gasteiger partial charge in [-0.05, 0) is 6.92 Å². The fourth-order valence-corrected chi connectivity index (χ4v) is 0.321. The Morgan fingerprint density at radius 3 is 1.56 bits per heavy atom. The second-order valence-electron chi connectivity index (χ2n) is 1.38. The highest BCUT2D eigenvalue weighted by Gasteiger charge is 2.31. The minimum atomic E-state index is -4.40. The second kappa shape index (κ2) is 2.80. The monoisotopic (exact) mass is 178 g/mol. The normalized spacial score (nSPS) is 11.3. The predicted molar refractivity (Wildman–Crippen MR) is 30.5 cm³/mol. The molecule has 0 aliphatic rings. The smallest absolute Gasteiger partial charge is 0.166 e. The molecule has 0 amide bonds. The quantitative estimate of drug-likeness (QED) is 0.535. The van der Waals surface area contributed by atoms with Crippen LogP contribution >= 0.6 is 23.2 Å². The molecule has 0 saturated heterocycles. The Morgan fingerprint density at radius 1 is 1.22 bits per heavy atom. The first-order valence-corrected chi connectivity index (χ1v) is 2.70. The third-order valence-corrected chi connectivity index (χ3v) is 1.28. The van der Waals surface area contributed by atoms with Gasteiger partial charge >= 0.3 is 6.18 Å². The molecule has 0 atom stereocenters. The van der Waals surface area contributed by atoms with Gasteiger partial charge in [-0.25, -0.2) is 0 Å². The molecule has 0 spiro atoms. The molecular weight excluding hydrogens is 176 g/mol. The minimum absolute atomic E-state index is 0.734. The first kappa shape index (κ1) is 9.11. The van der Waals surface area contributed by atoms with Crippen LogP contribution in [0.5, 0.6) is 0 Å². The van der Waals surface area contributed by atoms with Gasteiger partial charge in [-0.1, -0.05) is 23.2 Å². The fraction of sp³-hybridized carbons (Fsp3) is 0.500. The maximum atomic E-state index is 11.5. The predicted octanol–water partition coefficient (Wildman–Crippen LogP) is 3.26. The maximum absolute atomic E-state index is 11.5. The molecule has 0 aliphatic heterocycles. The van der Waals surface area contributed by atoms with Crippen LogP contribution in [0, 0.1) is 0 Å². The highest BCUT2D eigenvalue weighted by Crippen LogP contribution is 2.30. The van der Waals surface area contributed by atoms with Gasteiger partial charge < -0.3 is 0 Å². The molecule has 0 aromatic rings. The van der Waals surface area contributed by atoms with Crippen LogP contribution in [-0.2, 0) is 0 Å². The number of allylic oxidation sites excluding steroid dienone is 1. The van der Waals surface area contributed by atoms with Gasteiger partial charge in [-0.2, -0.15) is 13.2 Å². The van der Waals surface area contributed by atoms with Gasteiger partial charge in [0.15, 0.2) is 0 Å². The van der Waals surface area contributed by atoms with Crippen molar-refractivity contribution >= 4 is 23.2 Å². The van der Waals surface area contributed by atoms with Crippen LogP contribution in [0.4, 0.5) is 13.2 Å². The molecule has 54 valence electrons. The third kappa shape index (κ3) is 2.96. The zero-order valence-electron chi connectivity index (χ0n) is 4.39. The van der Waals surface area contributed by atoms with Crippen LogP contribution < -0.4 is 0 Å². The van der Waals surface area contributed by atoms with Gasteiger partial charge in [-0.3, -0.25) is 0 Å². The van der Waals surface area contributed by atoms with Crippen LogP contribution in [0.25, 0.3) is 0 Å². The minimum Gasteiger partial charge on any atom is -0.166 e. The van der Waals surface area contributed by atoms with Crippen LogP contribution in [-0.4, -0.2) is 6.18 Å². The molecule has 0 aromatic carbocycles. The summed E-state index contributed by atoms with van der Waals surface area (Å²) < 4.78 is 33.7. The Bertz CT molecular complexity index is 131. The molecule has 0 aliphatic carbocycles. The first-order chi connectivity index (χ1) is 3.85. The van der Waals surface area contributed by atoms with E-state index in [1.165, 1.54) is 0 Å². The highest BCUT2D eigenvalue weighted by atomic mass is 35.5. The molecule has 0 unspecified atom stereocenters. The van der Waals surface area contributed by atoms with Crippen molar-refractivity contribution in [3.05, 3.63) is 10.1 Å². The van der Waals surface area contributed by atoms with E-state index in [0.717, 1.165) is 6.92 Å². The summed E-state index contributed by atoms with van der Waals surface area (Å²) in [6, 6.07) is 0.